The number of halogens is 1. The zero-order chi connectivity index (χ0) is 17.8. The molecule has 0 bridgehead atoms. The van der Waals surface area contributed by atoms with E-state index in [0.29, 0.717) is 5.88 Å². The fourth-order valence-corrected chi connectivity index (χ4v) is 2.41. The van der Waals surface area contributed by atoms with E-state index >= 15 is 0 Å². The lowest BCUT2D eigenvalue weighted by molar-refractivity contribution is -0.140. The van der Waals surface area contributed by atoms with Gasteiger partial charge in [0.1, 0.15) is 0 Å². The smallest absolute Gasteiger partial charge is 0.157 e. The van der Waals surface area contributed by atoms with Crippen LogP contribution in [0.5, 0.6) is 0 Å². The molecule has 4 heteroatoms. The molecule has 1 atom stereocenters. The third kappa shape index (κ3) is 21.7. The highest BCUT2D eigenvalue weighted by molar-refractivity contribution is 6.17. The second kappa shape index (κ2) is 21.7. The van der Waals surface area contributed by atoms with Gasteiger partial charge >= 0.3 is 0 Å². The minimum Gasteiger partial charge on any atom is -0.353 e. The van der Waals surface area contributed by atoms with E-state index in [-0.39, 0.29) is 12.2 Å². The molecule has 0 aliphatic carbocycles. The number of hydrogen-bond acceptors (Lipinski definition) is 3. The summed E-state index contributed by atoms with van der Waals surface area (Å²) in [6.45, 7) is 9.67. The first-order valence-electron chi connectivity index (χ1n) is 9.34. The largest absolute Gasteiger partial charge is 0.353 e. The Morgan fingerprint density at radius 1 is 0.870 bits per heavy atom. The van der Waals surface area contributed by atoms with Gasteiger partial charge in [0.2, 0.25) is 0 Å². The van der Waals surface area contributed by atoms with Crippen molar-refractivity contribution >= 4 is 11.6 Å². The van der Waals surface area contributed by atoms with Crippen LogP contribution in [-0.2, 0) is 9.47 Å². The lowest BCUT2D eigenvalue weighted by atomic mass is 10.1. The van der Waals surface area contributed by atoms with Gasteiger partial charge < -0.3 is 9.47 Å². The molecule has 23 heavy (non-hydrogen) atoms. The molecular weight excluding hydrogens is 310 g/mol. The molecule has 0 aromatic heterocycles. The number of ether oxygens (including phenoxy) is 2. The van der Waals surface area contributed by atoms with Gasteiger partial charge in [0.15, 0.2) is 6.29 Å². The van der Waals surface area contributed by atoms with Gasteiger partial charge in [0.25, 0.3) is 0 Å². The van der Waals surface area contributed by atoms with Crippen LogP contribution < -0.4 is 0 Å². The quantitative estimate of drug-likeness (QED) is 0.210. The minimum atomic E-state index is 0.0330. The lowest BCUT2D eigenvalue weighted by Gasteiger charge is -2.16. The minimum absolute atomic E-state index is 0.0330. The van der Waals surface area contributed by atoms with Crippen LogP contribution in [0.25, 0.3) is 0 Å². The van der Waals surface area contributed by atoms with Gasteiger partial charge in [0.05, 0.1) is 6.07 Å². The predicted molar refractivity (Wildman–Crippen MR) is 99.8 cm³/mol. The second-order valence-electron chi connectivity index (χ2n) is 5.76. The summed E-state index contributed by atoms with van der Waals surface area (Å²) in [5.41, 5.74) is 0. The fourth-order valence-electron chi connectivity index (χ4n) is 2.08. The summed E-state index contributed by atoms with van der Waals surface area (Å²) in [5.74, 6) is 0.715. The van der Waals surface area contributed by atoms with Gasteiger partial charge in [0, 0.05) is 25.0 Å². The van der Waals surface area contributed by atoms with Crippen LogP contribution in [0, 0.1) is 17.2 Å². The summed E-state index contributed by atoms with van der Waals surface area (Å²) in [6.07, 6.45) is 11.3. The van der Waals surface area contributed by atoms with Crippen molar-refractivity contribution in [2.75, 3.05) is 19.1 Å². The Hall–Kier alpha value is -0.300. The van der Waals surface area contributed by atoms with Gasteiger partial charge in [-0.05, 0) is 40.0 Å². The van der Waals surface area contributed by atoms with Crippen molar-refractivity contribution in [1.29, 1.82) is 5.26 Å². The molecule has 0 aliphatic heterocycles. The summed E-state index contributed by atoms with van der Waals surface area (Å²) >= 11 is 5.32. The highest BCUT2D eigenvalue weighted by atomic mass is 35.5. The van der Waals surface area contributed by atoms with E-state index < -0.39 is 0 Å². The molecule has 0 aliphatic rings. The molecule has 0 N–H and O–H groups in total. The molecule has 0 aromatic rings. The van der Waals surface area contributed by atoms with Crippen LogP contribution in [0.15, 0.2) is 0 Å². The van der Waals surface area contributed by atoms with Crippen molar-refractivity contribution in [2.24, 2.45) is 5.92 Å². The Morgan fingerprint density at radius 2 is 1.39 bits per heavy atom. The van der Waals surface area contributed by atoms with Crippen molar-refractivity contribution in [3.63, 3.8) is 0 Å². The Labute approximate surface area is 149 Å². The van der Waals surface area contributed by atoms with Gasteiger partial charge in [-0.1, -0.05) is 45.4 Å². The van der Waals surface area contributed by atoms with Gasteiger partial charge in [-0.3, -0.25) is 0 Å². The highest BCUT2D eigenvalue weighted by Crippen LogP contribution is 2.11. The molecule has 0 aromatic carbocycles. The number of alkyl halides is 1. The number of unbranched alkanes of at least 4 members (excludes halogenated alkanes) is 6. The van der Waals surface area contributed by atoms with E-state index in [4.69, 9.17) is 26.3 Å². The summed E-state index contributed by atoms with van der Waals surface area (Å²) in [5, 5.41) is 8.16. The standard InChI is InChI=1S/C14H30O2.C5H8ClN/c1-4-7-8-9-10-11-12-13-14(15-5-2)16-6-3;1-5(4-7)2-3-6/h14H,4-13H2,1-3H3;5H,2-3H2,1H3. The third-order valence-corrected chi connectivity index (χ3v) is 3.73. The van der Waals surface area contributed by atoms with Crippen LogP contribution >= 0.6 is 11.6 Å². The first-order chi connectivity index (χ1) is 11.2. The van der Waals surface area contributed by atoms with Crippen LogP contribution in [-0.4, -0.2) is 25.4 Å². The van der Waals surface area contributed by atoms with E-state index in [1.165, 1.54) is 44.9 Å². The molecule has 0 fully saturated rings. The molecule has 0 radical (unpaired) electrons. The Bertz CT molecular complexity index is 250. The van der Waals surface area contributed by atoms with Crippen LogP contribution in [0.4, 0.5) is 0 Å². The molecular formula is C19H38ClNO2. The molecule has 138 valence electrons. The summed E-state index contributed by atoms with van der Waals surface area (Å²) in [6, 6.07) is 2.08. The Morgan fingerprint density at radius 3 is 1.78 bits per heavy atom. The number of rotatable bonds is 14. The van der Waals surface area contributed by atoms with Crippen molar-refractivity contribution in [3.05, 3.63) is 0 Å². The van der Waals surface area contributed by atoms with Crippen molar-refractivity contribution in [3.8, 4) is 6.07 Å². The van der Waals surface area contributed by atoms with E-state index in [9.17, 15) is 0 Å². The molecule has 0 saturated carbocycles. The van der Waals surface area contributed by atoms with Crippen molar-refractivity contribution in [1.82, 2.24) is 0 Å². The van der Waals surface area contributed by atoms with Gasteiger partial charge in [-0.2, -0.15) is 5.26 Å². The maximum atomic E-state index is 8.16. The summed E-state index contributed by atoms with van der Waals surface area (Å²) in [4.78, 5) is 0. The van der Waals surface area contributed by atoms with E-state index in [2.05, 4.69) is 13.0 Å². The fraction of sp³-hybridized carbons (Fsp3) is 0.947. The zero-order valence-corrected chi connectivity index (χ0v) is 16.5. The van der Waals surface area contributed by atoms with Gasteiger partial charge in [-0.15, -0.1) is 11.6 Å². The molecule has 1 unspecified atom stereocenters. The summed E-state index contributed by atoms with van der Waals surface area (Å²) < 4.78 is 11.0. The van der Waals surface area contributed by atoms with Crippen molar-refractivity contribution in [2.45, 2.75) is 91.8 Å². The first kappa shape index (κ1) is 24.9. The third-order valence-electron chi connectivity index (χ3n) is 3.51. The van der Waals surface area contributed by atoms with Crippen molar-refractivity contribution < 1.29 is 9.47 Å². The second-order valence-corrected chi connectivity index (χ2v) is 6.14. The highest BCUT2D eigenvalue weighted by Gasteiger charge is 2.06. The predicted octanol–water partition coefficient (Wildman–Crippen LogP) is 6.30. The summed E-state index contributed by atoms with van der Waals surface area (Å²) in [7, 11) is 0. The monoisotopic (exact) mass is 347 g/mol. The maximum absolute atomic E-state index is 8.16. The van der Waals surface area contributed by atoms with Crippen LogP contribution in [0.1, 0.15) is 85.5 Å². The topological polar surface area (TPSA) is 42.2 Å². The molecule has 0 amide bonds. The van der Waals surface area contributed by atoms with E-state index in [0.717, 1.165) is 26.1 Å². The van der Waals surface area contributed by atoms with Crippen LogP contribution in [0.3, 0.4) is 0 Å². The maximum Gasteiger partial charge on any atom is 0.157 e. The Balaban J connectivity index is 0. The lowest BCUT2D eigenvalue weighted by Crippen LogP contribution is -2.17. The average Bonchev–Trinajstić information content (AvgIpc) is 2.55. The Kier molecular flexibility index (Phi) is 23.5. The normalized spacial score (nSPS) is 11.7. The number of nitrogens with zero attached hydrogens (tertiary/aromatic N) is 1. The average molecular weight is 348 g/mol. The molecule has 0 heterocycles. The molecule has 0 spiro atoms. The molecule has 0 saturated heterocycles. The van der Waals surface area contributed by atoms with E-state index in [1.54, 1.807) is 0 Å². The number of hydrogen-bond donors (Lipinski definition) is 0. The van der Waals surface area contributed by atoms with E-state index in [1.807, 2.05) is 20.8 Å². The van der Waals surface area contributed by atoms with Gasteiger partial charge in [-0.25, -0.2) is 0 Å². The SMILES string of the molecule is CC(C#N)CCCl.CCCCCCCCCC(OCC)OCC. The van der Waals surface area contributed by atoms with Crippen LogP contribution in [0.2, 0.25) is 0 Å². The molecule has 0 rings (SSSR count). The molecule has 3 nitrogen and oxygen atoms in total. The first-order valence-corrected chi connectivity index (χ1v) is 9.88. The zero-order valence-electron chi connectivity index (χ0n) is 15.8. The number of nitriles is 1.